The molecule has 0 amide bonds. The lowest BCUT2D eigenvalue weighted by Crippen LogP contribution is -2.23. The molecule has 0 radical (unpaired) electrons. The van der Waals surface area contributed by atoms with E-state index in [0.29, 0.717) is 30.5 Å². The Hall–Kier alpha value is -1.26. The van der Waals surface area contributed by atoms with Crippen LogP contribution in [0.15, 0.2) is 24.3 Å². The first-order valence-electron chi connectivity index (χ1n) is 5.00. The molecule has 16 heavy (non-hydrogen) atoms. The lowest BCUT2D eigenvalue weighted by molar-refractivity contribution is -0.136. The third kappa shape index (κ3) is 5.00. The summed E-state index contributed by atoms with van der Waals surface area (Å²) in [6, 6.07) is 7.23. The third-order valence-electron chi connectivity index (χ3n) is 1.89. The Balaban J connectivity index is 2.12. The number of carbonyl (C=O) groups is 1. The molecule has 0 spiro atoms. The molecule has 0 aromatic heterocycles. The number of carboxylic acids is 1. The van der Waals surface area contributed by atoms with Crippen LogP contribution in [-0.2, 0) is 4.79 Å². The van der Waals surface area contributed by atoms with E-state index >= 15 is 0 Å². The number of halogens is 1. The van der Waals surface area contributed by atoms with Gasteiger partial charge in [0.2, 0.25) is 0 Å². The number of aliphatic carboxylic acids is 1. The van der Waals surface area contributed by atoms with Gasteiger partial charge in [0.15, 0.2) is 0 Å². The van der Waals surface area contributed by atoms with Gasteiger partial charge in [-0.05, 0) is 12.1 Å². The van der Waals surface area contributed by atoms with Gasteiger partial charge in [0, 0.05) is 13.1 Å². The van der Waals surface area contributed by atoms with E-state index in [1.54, 1.807) is 12.1 Å². The van der Waals surface area contributed by atoms with Gasteiger partial charge in [-0.2, -0.15) is 0 Å². The largest absolute Gasteiger partial charge is 0.491 e. The molecule has 1 aromatic rings. The van der Waals surface area contributed by atoms with Gasteiger partial charge in [0.1, 0.15) is 12.4 Å². The zero-order chi connectivity index (χ0) is 11.8. The van der Waals surface area contributed by atoms with Crippen molar-refractivity contribution in [1.82, 2.24) is 5.32 Å². The Morgan fingerprint density at radius 3 is 2.81 bits per heavy atom. The monoisotopic (exact) mass is 243 g/mol. The van der Waals surface area contributed by atoms with Crippen molar-refractivity contribution in [1.29, 1.82) is 0 Å². The van der Waals surface area contributed by atoms with Crippen LogP contribution >= 0.6 is 11.6 Å². The zero-order valence-electron chi connectivity index (χ0n) is 8.78. The molecule has 0 fully saturated rings. The highest BCUT2D eigenvalue weighted by molar-refractivity contribution is 6.32. The van der Waals surface area contributed by atoms with Crippen molar-refractivity contribution in [2.24, 2.45) is 0 Å². The highest BCUT2D eigenvalue weighted by atomic mass is 35.5. The molecule has 4 nitrogen and oxygen atoms in total. The molecule has 0 unspecified atom stereocenters. The minimum atomic E-state index is -0.806. The minimum absolute atomic E-state index is 0.117. The predicted octanol–water partition coefficient (Wildman–Crippen LogP) is 1.78. The highest BCUT2D eigenvalue weighted by Crippen LogP contribution is 2.22. The molecular formula is C11H14ClNO3. The van der Waals surface area contributed by atoms with E-state index in [1.165, 1.54) is 0 Å². The van der Waals surface area contributed by atoms with E-state index < -0.39 is 5.97 Å². The van der Waals surface area contributed by atoms with Gasteiger partial charge in [0.25, 0.3) is 0 Å². The molecule has 0 saturated carbocycles. The quantitative estimate of drug-likeness (QED) is 0.717. The second-order valence-electron chi connectivity index (χ2n) is 3.17. The first-order valence-corrected chi connectivity index (χ1v) is 5.38. The molecule has 0 aliphatic carbocycles. The fourth-order valence-corrected chi connectivity index (χ4v) is 1.31. The SMILES string of the molecule is O=C(O)CCNCCOc1ccccc1Cl. The first kappa shape index (κ1) is 12.8. The Morgan fingerprint density at radius 1 is 1.38 bits per heavy atom. The molecule has 2 N–H and O–H groups in total. The fraction of sp³-hybridized carbons (Fsp3) is 0.364. The van der Waals surface area contributed by atoms with Crippen molar-refractivity contribution >= 4 is 17.6 Å². The normalized spacial score (nSPS) is 10.1. The average Bonchev–Trinajstić information content (AvgIpc) is 2.25. The summed E-state index contributed by atoms with van der Waals surface area (Å²) in [6.07, 6.45) is 0.117. The van der Waals surface area contributed by atoms with E-state index in [2.05, 4.69) is 5.32 Å². The van der Waals surface area contributed by atoms with Crippen LogP contribution < -0.4 is 10.1 Å². The van der Waals surface area contributed by atoms with Gasteiger partial charge >= 0.3 is 5.97 Å². The van der Waals surface area contributed by atoms with E-state index in [9.17, 15) is 4.79 Å². The summed E-state index contributed by atoms with van der Waals surface area (Å²) in [7, 11) is 0. The maximum Gasteiger partial charge on any atom is 0.304 e. The number of rotatable bonds is 7. The Morgan fingerprint density at radius 2 is 2.12 bits per heavy atom. The Bertz CT molecular complexity index is 344. The van der Waals surface area contributed by atoms with Crippen LogP contribution in [0.1, 0.15) is 6.42 Å². The van der Waals surface area contributed by atoms with Gasteiger partial charge in [-0.15, -0.1) is 0 Å². The van der Waals surface area contributed by atoms with Gasteiger partial charge in [-0.1, -0.05) is 23.7 Å². The van der Waals surface area contributed by atoms with E-state index in [-0.39, 0.29) is 6.42 Å². The number of benzene rings is 1. The Labute approximate surface area is 99.2 Å². The van der Waals surface area contributed by atoms with Crippen molar-refractivity contribution in [3.8, 4) is 5.75 Å². The summed E-state index contributed by atoms with van der Waals surface area (Å²) in [4.78, 5) is 10.2. The summed E-state index contributed by atoms with van der Waals surface area (Å²) >= 11 is 5.88. The molecule has 0 saturated heterocycles. The van der Waals surface area contributed by atoms with Crippen molar-refractivity contribution in [2.45, 2.75) is 6.42 Å². The second kappa shape index (κ2) is 7.09. The van der Waals surface area contributed by atoms with Crippen molar-refractivity contribution in [3.63, 3.8) is 0 Å². The number of hydrogen-bond acceptors (Lipinski definition) is 3. The van der Waals surface area contributed by atoms with Gasteiger partial charge in [-0.25, -0.2) is 0 Å². The predicted molar refractivity (Wildman–Crippen MR) is 62.1 cm³/mol. The van der Waals surface area contributed by atoms with Crippen molar-refractivity contribution in [2.75, 3.05) is 19.7 Å². The summed E-state index contributed by atoms with van der Waals surface area (Å²) < 4.78 is 5.40. The fourth-order valence-electron chi connectivity index (χ4n) is 1.12. The molecule has 0 atom stereocenters. The molecule has 88 valence electrons. The summed E-state index contributed by atoms with van der Waals surface area (Å²) in [5.41, 5.74) is 0. The molecule has 5 heteroatoms. The number of hydrogen-bond donors (Lipinski definition) is 2. The lowest BCUT2D eigenvalue weighted by Gasteiger charge is -2.07. The Kier molecular flexibility index (Phi) is 5.67. The van der Waals surface area contributed by atoms with E-state index in [4.69, 9.17) is 21.4 Å². The molecule has 0 heterocycles. The smallest absolute Gasteiger partial charge is 0.304 e. The lowest BCUT2D eigenvalue weighted by atomic mass is 10.3. The number of carboxylic acid groups (broad SMARTS) is 1. The second-order valence-corrected chi connectivity index (χ2v) is 3.58. The number of nitrogens with one attached hydrogen (secondary N) is 1. The van der Waals surface area contributed by atoms with Gasteiger partial charge in [0.05, 0.1) is 11.4 Å². The maximum absolute atomic E-state index is 10.2. The van der Waals surface area contributed by atoms with Crippen molar-refractivity contribution in [3.05, 3.63) is 29.3 Å². The molecule has 0 aliphatic heterocycles. The first-order chi connectivity index (χ1) is 7.70. The topological polar surface area (TPSA) is 58.6 Å². The van der Waals surface area contributed by atoms with Crippen LogP contribution in [0.5, 0.6) is 5.75 Å². The summed E-state index contributed by atoms with van der Waals surface area (Å²) in [5, 5.41) is 11.9. The zero-order valence-corrected chi connectivity index (χ0v) is 9.54. The minimum Gasteiger partial charge on any atom is -0.491 e. The van der Waals surface area contributed by atoms with Crippen LogP contribution in [0.3, 0.4) is 0 Å². The van der Waals surface area contributed by atoms with Crippen LogP contribution in [0.2, 0.25) is 5.02 Å². The van der Waals surface area contributed by atoms with Gasteiger partial charge < -0.3 is 15.2 Å². The number of para-hydroxylation sites is 1. The molecule has 0 bridgehead atoms. The summed E-state index contributed by atoms with van der Waals surface area (Å²) in [6.45, 7) is 1.50. The molecule has 1 aromatic carbocycles. The highest BCUT2D eigenvalue weighted by Gasteiger charge is 1.99. The molecule has 1 rings (SSSR count). The van der Waals surface area contributed by atoms with Crippen LogP contribution in [0, 0.1) is 0 Å². The van der Waals surface area contributed by atoms with Crippen LogP contribution in [0.4, 0.5) is 0 Å². The van der Waals surface area contributed by atoms with Crippen LogP contribution in [0.25, 0.3) is 0 Å². The van der Waals surface area contributed by atoms with Gasteiger partial charge in [-0.3, -0.25) is 4.79 Å². The average molecular weight is 244 g/mol. The van der Waals surface area contributed by atoms with E-state index in [0.717, 1.165) is 0 Å². The molecule has 0 aliphatic rings. The number of ether oxygens (including phenoxy) is 1. The van der Waals surface area contributed by atoms with Crippen LogP contribution in [-0.4, -0.2) is 30.8 Å². The summed E-state index contributed by atoms with van der Waals surface area (Å²) in [5.74, 6) is -0.163. The maximum atomic E-state index is 10.2. The standard InChI is InChI=1S/C11H14ClNO3/c12-9-3-1-2-4-10(9)16-8-7-13-6-5-11(14)15/h1-4,13H,5-8H2,(H,14,15). The van der Waals surface area contributed by atoms with E-state index in [1.807, 2.05) is 12.1 Å². The molecular weight excluding hydrogens is 230 g/mol. The van der Waals surface area contributed by atoms with Crippen molar-refractivity contribution < 1.29 is 14.6 Å². The third-order valence-corrected chi connectivity index (χ3v) is 2.20.